The van der Waals surface area contributed by atoms with Crippen LogP contribution in [0.25, 0.3) is 5.65 Å². The van der Waals surface area contributed by atoms with Crippen LogP contribution in [0.15, 0.2) is 58.2 Å². The first-order valence-corrected chi connectivity index (χ1v) is 10.1. The summed E-state index contributed by atoms with van der Waals surface area (Å²) in [6.45, 7) is 0.215. The monoisotopic (exact) mass is 452 g/mol. The number of amides is 1. The number of benzene rings is 1. The fraction of sp³-hybridized carbons (Fsp3) is 0.176. The van der Waals surface area contributed by atoms with E-state index in [0.29, 0.717) is 5.69 Å². The average molecular weight is 453 g/mol. The third-order valence-electron chi connectivity index (χ3n) is 3.88. The lowest BCUT2D eigenvalue weighted by atomic mass is 10.2. The van der Waals surface area contributed by atoms with E-state index in [2.05, 4.69) is 26.2 Å². The highest BCUT2D eigenvalue weighted by Gasteiger charge is 2.21. The maximum atomic E-state index is 12.4. The van der Waals surface area contributed by atoms with E-state index in [1.54, 1.807) is 6.07 Å². The van der Waals surface area contributed by atoms with Crippen LogP contribution in [0.1, 0.15) is 16.1 Å². The van der Waals surface area contributed by atoms with E-state index in [-0.39, 0.29) is 17.0 Å². The van der Waals surface area contributed by atoms with E-state index in [4.69, 9.17) is 4.84 Å². The molecule has 1 amide bonds. The number of fused-ring (bicyclic) bond motifs is 1. The number of carbonyl (C=O) groups excluding carboxylic acids is 1. The van der Waals surface area contributed by atoms with E-state index < -0.39 is 15.9 Å². The van der Waals surface area contributed by atoms with Crippen LogP contribution in [0, 0.1) is 0 Å². The summed E-state index contributed by atoms with van der Waals surface area (Å²) in [5.74, 6) is -0.398. The van der Waals surface area contributed by atoms with E-state index in [1.807, 2.05) is 28.9 Å². The van der Waals surface area contributed by atoms with Gasteiger partial charge < -0.3 is 9.72 Å². The van der Waals surface area contributed by atoms with Crippen LogP contribution >= 0.6 is 15.9 Å². The molecule has 2 aromatic heterocycles. The van der Waals surface area contributed by atoms with Crippen molar-refractivity contribution in [1.82, 2.24) is 19.2 Å². The molecule has 3 aromatic rings. The summed E-state index contributed by atoms with van der Waals surface area (Å²) in [6, 6.07) is 9.50. The maximum Gasteiger partial charge on any atom is 0.264 e. The van der Waals surface area contributed by atoms with Crippen molar-refractivity contribution in [2.24, 2.45) is 0 Å². The minimum Gasteiger partial charge on any atom is -0.346 e. The number of hydroxylamine groups is 1. The second-order valence-electron chi connectivity index (χ2n) is 5.65. The van der Waals surface area contributed by atoms with Crippen LogP contribution in [0.2, 0.25) is 0 Å². The molecule has 142 valence electrons. The van der Waals surface area contributed by atoms with Gasteiger partial charge in [0, 0.05) is 29.5 Å². The second kappa shape index (κ2) is 7.77. The Kier molecular flexibility index (Phi) is 5.61. The fourth-order valence-electron chi connectivity index (χ4n) is 2.42. The minimum absolute atomic E-state index is 0.0305. The highest BCUT2D eigenvalue weighted by molar-refractivity contribution is 9.10. The molecule has 0 bridgehead atoms. The lowest BCUT2D eigenvalue weighted by molar-refractivity contribution is -0.0258. The van der Waals surface area contributed by atoms with Crippen molar-refractivity contribution in [2.75, 3.05) is 14.2 Å². The summed E-state index contributed by atoms with van der Waals surface area (Å²) in [5, 5.41) is 2.75. The SMILES string of the molecule is CON(C)S(=O)(=O)c1cccc(C(=O)NCc2cn3cc(Br)ccc3n2)c1. The van der Waals surface area contributed by atoms with Gasteiger partial charge in [0.2, 0.25) is 0 Å². The Labute approximate surface area is 164 Å². The number of hydrogen-bond acceptors (Lipinski definition) is 5. The van der Waals surface area contributed by atoms with Gasteiger partial charge in [0.05, 0.1) is 24.2 Å². The lowest BCUT2D eigenvalue weighted by Gasteiger charge is -2.14. The standard InChI is InChI=1S/C17H17BrN4O4S/c1-21(26-2)27(24,25)15-5-3-4-12(8-15)17(23)19-9-14-11-22-10-13(18)6-7-16(22)20-14/h3-8,10-11H,9H2,1-2H3,(H,19,23). The summed E-state index contributed by atoms with van der Waals surface area (Å²) in [5.41, 5.74) is 1.68. The molecule has 0 saturated carbocycles. The van der Waals surface area contributed by atoms with Crippen LogP contribution in [0.5, 0.6) is 0 Å². The molecule has 0 aliphatic carbocycles. The van der Waals surface area contributed by atoms with Gasteiger partial charge in [0.1, 0.15) is 5.65 Å². The van der Waals surface area contributed by atoms with Gasteiger partial charge in [-0.2, -0.15) is 0 Å². The van der Waals surface area contributed by atoms with Crippen LogP contribution in [-0.2, 0) is 21.4 Å². The number of sulfonamides is 1. The molecule has 0 atom stereocenters. The van der Waals surface area contributed by atoms with Gasteiger partial charge in [-0.3, -0.25) is 9.63 Å². The topological polar surface area (TPSA) is 93.0 Å². The van der Waals surface area contributed by atoms with E-state index in [9.17, 15) is 13.2 Å². The largest absolute Gasteiger partial charge is 0.346 e. The molecule has 0 unspecified atom stereocenters. The van der Waals surface area contributed by atoms with Crippen molar-refractivity contribution in [1.29, 1.82) is 0 Å². The highest BCUT2D eigenvalue weighted by atomic mass is 79.9. The number of halogens is 1. The first-order valence-electron chi connectivity index (χ1n) is 7.85. The Morgan fingerprint density at radius 3 is 2.81 bits per heavy atom. The van der Waals surface area contributed by atoms with Crippen LogP contribution in [-0.4, -0.2) is 42.3 Å². The summed E-state index contributed by atoms with van der Waals surface area (Å²) in [6.07, 6.45) is 3.68. The average Bonchev–Trinajstić information content (AvgIpc) is 3.07. The zero-order chi connectivity index (χ0) is 19.6. The van der Waals surface area contributed by atoms with Gasteiger partial charge in [-0.1, -0.05) is 10.5 Å². The number of imidazole rings is 1. The molecular formula is C17H17BrN4O4S. The smallest absolute Gasteiger partial charge is 0.264 e. The van der Waals surface area contributed by atoms with Crippen molar-refractivity contribution in [2.45, 2.75) is 11.4 Å². The summed E-state index contributed by atoms with van der Waals surface area (Å²) in [4.78, 5) is 21.5. The zero-order valence-electron chi connectivity index (χ0n) is 14.6. The Bertz CT molecular complexity index is 1100. The Hall–Kier alpha value is -2.27. The first kappa shape index (κ1) is 19.5. The minimum atomic E-state index is -3.82. The normalized spacial score (nSPS) is 11.9. The van der Waals surface area contributed by atoms with Gasteiger partial charge in [0.25, 0.3) is 15.9 Å². The van der Waals surface area contributed by atoms with Crippen molar-refractivity contribution >= 4 is 37.5 Å². The number of pyridine rings is 1. The van der Waals surface area contributed by atoms with Gasteiger partial charge in [-0.25, -0.2) is 13.4 Å². The number of aromatic nitrogens is 2. The Morgan fingerprint density at radius 1 is 1.30 bits per heavy atom. The molecule has 0 radical (unpaired) electrons. The Balaban J connectivity index is 1.75. The molecule has 0 fully saturated rings. The highest BCUT2D eigenvalue weighted by Crippen LogP contribution is 2.16. The molecule has 2 heterocycles. The molecule has 1 aromatic carbocycles. The van der Waals surface area contributed by atoms with Crippen molar-refractivity contribution in [3.8, 4) is 0 Å². The lowest BCUT2D eigenvalue weighted by Crippen LogP contribution is -2.27. The fourth-order valence-corrected chi connectivity index (χ4v) is 3.79. The van der Waals surface area contributed by atoms with Gasteiger partial charge >= 0.3 is 0 Å². The van der Waals surface area contributed by atoms with Crippen LogP contribution in [0.4, 0.5) is 0 Å². The molecule has 0 aliphatic rings. The van der Waals surface area contributed by atoms with Crippen LogP contribution in [0.3, 0.4) is 0 Å². The number of carbonyl (C=O) groups is 1. The molecule has 27 heavy (non-hydrogen) atoms. The van der Waals surface area contributed by atoms with Crippen LogP contribution < -0.4 is 5.32 Å². The zero-order valence-corrected chi connectivity index (χ0v) is 17.0. The quantitative estimate of drug-likeness (QED) is 0.578. The molecular weight excluding hydrogens is 436 g/mol. The van der Waals surface area contributed by atoms with Crippen molar-refractivity contribution in [3.05, 3.63) is 64.5 Å². The molecule has 0 saturated heterocycles. The summed E-state index contributed by atoms with van der Waals surface area (Å²) < 4.78 is 28.1. The number of nitrogens with one attached hydrogen (secondary N) is 1. The summed E-state index contributed by atoms with van der Waals surface area (Å²) >= 11 is 3.39. The van der Waals surface area contributed by atoms with E-state index in [1.165, 1.54) is 32.4 Å². The van der Waals surface area contributed by atoms with Gasteiger partial charge in [0.15, 0.2) is 0 Å². The molecule has 0 aliphatic heterocycles. The molecule has 3 rings (SSSR count). The second-order valence-corrected chi connectivity index (χ2v) is 8.50. The third kappa shape index (κ3) is 4.19. The maximum absolute atomic E-state index is 12.4. The van der Waals surface area contributed by atoms with Gasteiger partial charge in [-0.15, -0.1) is 0 Å². The molecule has 0 spiro atoms. The number of hydrogen-bond donors (Lipinski definition) is 1. The predicted octanol–water partition coefficient (Wildman–Crippen LogP) is 2.21. The summed E-state index contributed by atoms with van der Waals surface area (Å²) in [7, 11) is -1.29. The Morgan fingerprint density at radius 2 is 2.07 bits per heavy atom. The van der Waals surface area contributed by atoms with Crippen molar-refractivity contribution in [3.63, 3.8) is 0 Å². The predicted molar refractivity (Wildman–Crippen MR) is 102 cm³/mol. The van der Waals surface area contributed by atoms with E-state index in [0.717, 1.165) is 14.6 Å². The number of nitrogens with zero attached hydrogens (tertiary/aromatic N) is 3. The van der Waals surface area contributed by atoms with E-state index >= 15 is 0 Å². The third-order valence-corrected chi connectivity index (χ3v) is 6.03. The van der Waals surface area contributed by atoms with Crippen molar-refractivity contribution < 1.29 is 18.0 Å². The molecule has 1 N–H and O–H groups in total. The number of rotatable bonds is 6. The first-order chi connectivity index (χ1) is 12.8. The van der Waals surface area contributed by atoms with Gasteiger partial charge in [-0.05, 0) is 46.3 Å². The molecule has 8 nitrogen and oxygen atoms in total. The molecule has 10 heteroatoms.